The van der Waals surface area contributed by atoms with E-state index < -0.39 is 0 Å². The third kappa shape index (κ3) is 2.79. The van der Waals surface area contributed by atoms with E-state index in [0.717, 1.165) is 24.0 Å². The van der Waals surface area contributed by atoms with E-state index in [2.05, 4.69) is 46.5 Å². The molecule has 0 saturated heterocycles. The van der Waals surface area contributed by atoms with Gasteiger partial charge in [-0.25, -0.2) is 0 Å². The Morgan fingerprint density at radius 3 is 3.09 bits per heavy atom. The molecule has 1 aliphatic rings. The molecule has 118 valence electrons. The number of para-hydroxylation sites is 1. The minimum atomic E-state index is 0.0304. The molecule has 0 aliphatic carbocycles. The molecule has 1 aromatic carbocycles. The second-order valence-corrected chi connectivity index (χ2v) is 8.36. The smallest absolute Gasteiger partial charge is 0.267 e. The molecule has 2 aromatic heterocycles. The Labute approximate surface area is 143 Å². The largest absolute Gasteiger partial charge is 0.350 e. The molecule has 3 nitrogen and oxygen atoms in total. The number of thioether (sulfide) groups is 1. The predicted molar refractivity (Wildman–Crippen MR) is 97.6 cm³/mol. The standard InChI is InChI=1S/C18H18N2OS2/c1-12-11-20-15(10-13-4-2-6-16(23-12)17(13)20)18(21)19-8-7-14-5-3-9-22-14/h2-6,9-10,12H,7-8,11H2,1H3,(H,19,21)/t12-/m1/s1. The highest BCUT2D eigenvalue weighted by Crippen LogP contribution is 2.38. The van der Waals surface area contributed by atoms with Crippen molar-refractivity contribution in [2.75, 3.05) is 6.54 Å². The lowest BCUT2D eigenvalue weighted by Gasteiger charge is -2.22. The van der Waals surface area contributed by atoms with Crippen LogP contribution in [0.3, 0.4) is 0 Å². The molecule has 4 rings (SSSR count). The number of carbonyl (C=O) groups is 1. The first-order valence-electron chi connectivity index (χ1n) is 7.82. The highest BCUT2D eigenvalue weighted by molar-refractivity contribution is 8.00. The zero-order valence-electron chi connectivity index (χ0n) is 12.9. The number of nitrogens with one attached hydrogen (secondary N) is 1. The normalized spacial score (nSPS) is 16.7. The van der Waals surface area contributed by atoms with Gasteiger partial charge in [0.15, 0.2) is 0 Å². The molecule has 0 fully saturated rings. The molecule has 1 atom stereocenters. The van der Waals surface area contributed by atoms with Gasteiger partial charge in [0.2, 0.25) is 0 Å². The van der Waals surface area contributed by atoms with Crippen molar-refractivity contribution in [1.82, 2.24) is 9.88 Å². The molecule has 0 unspecified atom stereocenters. The van der Waals surface area contributed by atoms with Gasteiger partial charge in [-0.3, -0.25) is 4.79 Å². The fourth-order valence-corrected chi connectivity index (χ4v) is 4.98. The number of rotatable bonds is 4. The van der Waals surface area contributed by atoms with Gasteiger partial charge < -0.3 is 9.88 Å². The molecule has 1 aliphatic heterocycles. The van der Waals surface area contributed by atoms with Gasteiger partial charge in [-0.1, -0.05) is 25.1 Å². The number of hydrogen-bond donors (Lipinski definition) is 1. The summed E-state index contributed by atoms with van der Waals surface area (Å²) in [5.41, 5.74) is 1.99. The zero-order valence-corrected chi connectivity index (χ0v) is 14.5. The van der Waals surface area contributed by atoms with Crippen molar-refractivity contribution in [3.63, 3.8) is 0 Å². The number of benzene rings is 1. The number of amides is 1. The molecule has 3 heterocycles. The van der Waals surface area contributed by atoms with E-state index >= 15 is 0 Å². The molecule has 0 saturated carbocycles. The molecule has 1 amide bonds. The number of carbonyl (C=O) groups excluding carboxylic acids is 1. The maximum Gasteiger partial charge on any atom is 0.267 e. The molecule has 1 N–H and O–H groups in total. The van der Waals surface area contributed by atoms with E-state index in [9.17, 15) is 4.79 Å². The number of hydrogen-bond acceptors (Lipinski definition) is 3. The highest BCUT2D eigenvalue weighted by atomic mass is 32.2. The summed E-state index contributed by atoms with van der Waals surface area (Å²) in [4.78, 5) is 15.2. The monoisotopic (exact) mass is 342 g/mol. The Hall–Kier alpha value is -1.72. The first kappa shape index (κ1) is 14.8. The third-order valence-corrected chi connectivity index (χ3v) is 6.19. The van der Waals surface area contributed by atoms with E-state index in [-0.39, 0.29) is 5.91 Å². The fraction of sp³-hybridized carbons (Fsp3) is 0.278. The molecular weight excluding hydrogens is 324 g/mol. The summed E-state index contributed by atoms with van der Waals surface area (Å²) < 4.78 is 2.19. The van der Waals surface area contributed by atoms with Crippen LogP contribution in [0.5, 0.6) is 0 Å². The van der Waals surface area contributed by atoms with Gasteiger partial charge in [0.25, 0.3) is 5.91 Å². The maximum absolute atomic E-state index is 12.6. The Balaban J connectivity index is 1.58. The Kier molecular flexibility index (Phi) is 3.91. The van der Waals surface area contributed by atoms with Crippen LogP contribution in [0.15, 0.2) is 46.7 Å². The van der Waals surface area contributed by atoms with Crippen LogP contribution in [-0.4, -0.2) is 22.3 Å². The maximum atomic E-state index is 12.6. The summed E-state index contributed by atoms with van der Waals surface area (Å²) in [6.07, 6.45) is 0.890. The van der Waals surface area contributed by atoms with Crippen LogP contribution < -0.4 is 5.32 Å². The molecular formula is C18H18N2OS2. The van der Waals surface area contributed by atoms with Gasteiger partial charge in [0.05, 0.1) is 5.52 Å². The number of nitrogens with zero attached hydrogens (tertiary/aromatic N) is 1. The van der Waals surface area contributed by atoms with E-state index in [1.807, 2.05) is 23.9 Å². The lowest BCUT2D eigenvalue weighted by molar-refractivity contribution is 0.0945. The molecule has 3 aromatic rings. The Bertz CT molecular complexity index is 851. The zero-order chi connectivity index (χ0) is 15.8. The molecule has 5 heteroatoms. The van der Waals surface area contributed by atoms with Crippen LogP contribution in [0.4, 0.5) is 0 Å². The number of thiophene rings is 1. The molecule has 0 spiro atoms. The SMILES string of the molecule is C[C@@H]1Cn2c(C(=O)NCCc3cccs3)cc3cccc(c32)S1. The third-order valence-electron chi connectivity index (χ3n) is 4.12. The van der Waals surface area contributed by atoms with Crippen LogP contribution in [0.25, 0.3) is 10.9 Å². The minimum absolute atomic E-state index is 0.0304. The van der Waals surface area contributed by atoms with Crippen molar-refractivity contribution in [2.24, 2.45) is 0 Å². The second kappa shape index (κ2) is 6.06. The van der Waals surface area contributed by atoms with E-state index in [0.29, 0.717) is 11.8 Å². The summed E-state index contributed by atoms with van der Waals surface area (Å²) in [6.45, 7) is 3.78. The average molecular weight is 342 g/mol. The van der Waals surface area contributed by atoms with E-state index in [1.54, 1.807) is 11.3 Å². The lowest BCUT2D eigenvalue weighted by atomic mass is 10.2. The van der Waals surface area contributed by atoms with Gasteiger partial charge in [0.1, 0.15) is 5.69 Å². The Morgan fingerprint density at radius 1 is 1.35 bits per heavy atom. The van der Waals surface area contributed by atoms with Crippen molar-refractivity contribution in [3.8, 4) is 0 Å². The average Bonchev–Trinajstić information content (AvgIpc) is 3.16. The lowest BCUT2D eigenvalue weighted by Crippen LogP contribution is -2.29. The van der Waals surface area contributed by atoms with Gasteiger partial charge in [-0.2, -0.15) is 0 Å². The van der Waals surface area contributed by atoms with Gasteiger partial charge in [-0.05, 0) is 30.0 Å². The summed E-state index contributed by atoms with van der Waals surface area (Å²) >= 11 is 3.63. The van der Waals surface area contributed by atoms with Crippen LogP contribution in [0, 0.1) is 0 Å². The van der Waals surface area contributed by atoms with Crippen molar-refractivity contribution >= 4 is 39.9 Å². The summed E-state index contributed by atoms with van der Waals surface area (Å²) in [6, 6.07) is 12.5. The molecule has 23 heavy (non-hydrogen) atoms. The van der Waals surface area contributed by atoms with E-state index in [4.69, 9.17) is 0 Å². The highest BCUT2D eigenvalue weighted by Gasteiger charge is 2.23. The minimum Gasteiger partial charge on any atom is -0.350 e. The predicted octanol–water partition coefficient (Wildman–Crippen LogP) is 4.17. The quantitative estimate of drug-likeness (QED) is 0.772. The first-order valence-corrected chi connectivity index (χ1v) is 9.58. The summed E-state index contributed by atoms with van der Waals surface area (Å²) in [7, 11) is 0. The second-order valence-electron chi connectivity index (χ2n) is 5.85. The topological polar surface area (TPSA) is 34.0 Å². The van der Waals surface area contributed by atoms with Crippen molar-refractivity contribution in [3.05, 3.63) is 52.3 Å². The summed E-state index contributed by atoms with van der Waals surface area (Å²) in [5, 5.41) is 6.78. The summed E-state index contributed by atoms with van der Waals surface area (Å²) in [5.74, 6) is 0.0304. The van der Waals surface area contributed by atoms with Crippen LogP contribution >= 0.6 is 23.1 Å². The fourth-order valence-electron chi connectivity index (χ4n) is 3.12. The number of aromatic nitrogens is 1. The van der Waals surface area contributed by atoms with Crippen molar-refractivity contribution < 1.29 is 4.79 Å². The molecule has 0 radical (unpaired) electrons. The van der Waals surface area contributed by atoms with Gasteiger partial charge in [0, 0.05) is 33.5 Å². The first-order chi connectivity index (χ1) is 11.2. The Morgan fingerprint density at radius 2 is 2.26 bits per heavy atom. The van der Waals surface area contributed by atoms with Gasteiger partial charge >= 0.3 is 0 Å². The van der Waals surface area contributed by atoms with Gasteiger partial charge in [-0.15, -0.1) is 23.1 Å². The van der Waals surface area contributed by atoms with E-state index in [1.165, 1.54) is 15.3 Å². The van der Waals surface area contributed by atoms with Crippen molar-refractivity contribution in [1.29, 1.82) is 0 Å². The van der Waals surface area contributed by atoms with Crippen molar-refractivity contribution in [2.45, 2.75) is 30.0 Å². The molecule has 0 bridgehead atoms. The van der Waals surface area contributed by atoms with Crippen LogP contribution in [-0.2, 0) is 13.0 Å². The van der Waals surface area contributed by atoms with Crippen LogP contribution in [0.1, 0.15) is 22.3 Å². The van der Waals surface area contributed by atoms with Crippen LogP contribution in [0.2, 0.25) is 0 Å².